The number of ether oxygens (including phenoxy) is 2. The van der Waals surface area contributed by atoms with E-state index in [0.717, 1.165) is 55.6 Å². The number of likely N-dealkylation sites (N-methyl/N-ethyl adjacent to an activating group) is 1. The number of phenols is 1. The van der Waals surface area contributed by atoms with E-state index in [1.165, 1.54) is 0 Å². The van der Waals surface area contributed by atoms with E-state index in [1.807, 2.05) is 69.0 Å². The summed E-state index contributed by atoms with van der Waals surface area (Å²) in [7, 11) is 0. The van der Waals surface area contributed by atoms with Crippen molar-refractivity contribution in [2.75, 3.05) is 64.3 Å². The van der Waals surface area contributed by atoms with Crippen LogP contribution >= 0.6 is 0 Å². The van der Waals surface area contributed by atoms with Gasteiger partial charge in [0.1, 0.15) is 5.75 Å². The predicted molar refractivity (Wildman–Crippen MR) is 204 cm³/mol. The van der Waals surface area contributed by atoms with Gasteiger partial charge in [-0.3, -0.25) is 14.5 Å². The third kappa shape index (κ3) is 10.4. The first-order valence-corrected chi connectivity index (χ1v) is 19.5. The van der Waals surface area contributed by atoms with Crippen LogP contribution < -0.4 is 5.32 Å². The summed E-state index contributed by atoms with van der Waals surface area (Å²) >= 11 is 0. The van der Waals surface area contributed by atoms with E-state index >= 15 is 0 Å². The van der Waals surface area contributed by atoms with Crippen LogP contribution in [0.25, 0.3) is 0 Å². The fourth-order valence-corrected chi connectivity index (χ4v) is 8.14. The second-order valence-electron chi connectivity index (χ2n) is 15.0. The Kier molecular flexibility index (Phi) is 14.0. The molecule has 2 saturated heterocycles. The van der Waals surface area contributed by atoms with Gasteiger partial charge in [-0.05, 0) is 119 Å². The molecule has 0 spiro atoms. The van der Waals surface area contributed by atoms with Gasteiger partial charge in [0.15, 0.2) is 6.10 Å². The monoisotopic (exact) mass is 733 g/mol. The van der Waals surface area contributed by atoms with E-state index in [2.05, 4.69) is 17.1 Å². The summed E-state index contributed by atoms with van der Waals surface area (Å²) in [5, 5.41) is 13.4. The second kappa shape index (κ2) is 18.6. The molecule has 12 heteroatoms. The molecule has 1 unspecified atom stereocenters. The largest absolute Gasteiger partial charge is 0.507 e. The lowest BCUT2D eigenvalue weighted by molar-refractivity contribution is -0.144. The number of urea groups is 1. The van der Waals surface area contributed by atoms with Crippen LogP contribution in [0.4, 0.5) is 15.3 Å². The van der Waals surface area contributed by atoms with Gasteiger partial charge in [0, 0.05) is 50.9 Å². The van der Waals surface area contributed by atoms with Crippen molar-refractivity contribution in [3.63, 3.8) is 0 Å². The molecule has 0 aromatic heterocycles. The van der Waals surface area contributed by atoms with Crippen molar-refractivity contribution in [2.24, 2.45) is 11.8 Å². The number of benzene rings is 2. The molecule has 3 aliphatic heterocycles. The lowest BCUT2D eigenvalue weighted by Gasteiger charge is -2.38. The summed E-state index contributed by atoms with van der Waals surface area (Å²) in [5.74, 6) is 0.692. The number of phenolic OH excluding ortho intramolecular Hbond substituents is 1. The molecule has 0 radical (unpaired) electrons. The van der Waals surface area contributed by atoms with Crippen molar-refractivity contribution in [3.8, 4) is 5.75 Å². The molecular weight excluding hydrogens is 674 g/mol. The third-order valence-corrected chi connectivity index (χ3v) is 11.4. The summed E-state index contributed by atoms with van der Waals surface area (Å²) in [5.41, 5.74) is 4.18. The van der Waals surface area contributed by atoms with Gasteiger partial charge in [-0.25, -0.2) is 9.59 Å². The zero-order valence-corrected chi connectivity index (χ0v) is 32.3. The SMILES string of the molecule is CCOC(=O)CN1CCC(C(C)CCN(CC)C(=O)[C@@H](Cc2cc(C)c(O)c(C)c2)OC(=O)N2CCC(N3CCc4ccccc4NC3=O)CC2)CC1. The van der Waals surface area contributed by atoms with Crippen LogP contribution in [0.15, 0.2) is 36.4 Å². The summed E-state index contributed by atoms with van der Waals surface area (Å²) in [6, 6.07) is 11.4. The van der Waals surface area contributed by atoms with Gasteiger partial charge < -0.3 is 34.6 Å². The number of aromatic hydroxyl groups is 1. The van der Waals surface area contributed by atoms with Crippen molar-refractivity contribution in [1.82, 2.24) is 19.6 Å². The van der Waals surface area contributed by atoms with Gasteiger partial charge in [0.05, 0.1) is 13.2 Å². The minimum atomic E-state index is -1.03. The van der Waals surface area contributed by atoms with E-state index in [9.17, 15) is 24.3 Å². The van der Waals surface area contributed by atoms with Gasteiger partial charge in [0.2, 0.25) is 0 Å². The molecule has 2 aromatic rings. The van der Waals surface area contributed by atoms with Crippen LogP contribution in [-0.2, 0) is 31.9 Å². The molecule has 0 saturated carbocycles. The number of nitrogens with one attached hydrogen (secondary N) is 1. The number of carbonyl (C=O) groups is 4. The van der Waals surface area contributed by atoms with Crippen LogP contribution in [0.3, 0.4) is 0 Å². The Morgan fingerprint density at radius 2 is 1.66 bits per heavy atom. The summed E-state index contributed by atoms with van der Waals surface area (Å²) in [4.78, 5) is 60.5. The molecule has 0 bridgehead atoms. The van der Waals surface area contributed by atoms with Crippen LogP contribution in [0, 0.1) is 25.7 Å². The van der Waals surface area contributed by atoms with Crippen molar-refractivity contribution in [3.05, 3.63) is 58.7 Å². The standard InChI is InChI=1S/C41H59N5O7/c1-6-44(20-12-28(3)32-13-18-43(19-14-32)27-37(47)52-7-2)39(49)36(26-31-24-29(4)38(48)30(5)25-31)53-41(51)45-21-16-34(17-22-45)46-23-15-33-10-8-9-11-35(33)42-40(46)50/h8-11,24-25,28,32,34,36,48H,6-7,12-23,26-27H2,1-5H3,(H,42,50)/t28?,36-/m1/s1. The number of piperidine rings is 2. The summed E-state index contributed by atoms with van der Waals surface area (Å²) in [6.45, 7) is 14.6. The summed E-state index contributed by atoms with van der Waals surface area (Å²) < 4.78 is 11.2. The number of carbonyl (C=O) groups excluding carboxylic acids is 4. The Balaban J connectivity index is 1.19. The number of amides is 4. The maximum atomic E-state index is 14.2. The van der Waals surface area contributed by atoms with Crippen LogP contribution in [0.2, 0.25) is 0 Å². The number of hydrogen-bond donors (Lipinski definition) is 2. The molecule has 2 aromatic carbocycles. The fourth-order valence-electron chi connectivity index (χ4n) is 8.14. The molecule has 290 valence electrons. The number of rotatable bonds is 13. The van der Waals surface area contributed by atoms with E-state index in [4.69, 9.17) is 9.47 Å². The van der Waals surface area contributed by atoms with Crippen molar-refractivity contribution in [2.45, 2.75) is 91.7 Å². The molecule has 4 amide bonds. The maximum Gasteiger partial charge on any atom is 0.410 e. The van der Waals surface area contributed by atoms with E-state index in [1.54, 1.807) is 9.80 Å². The first-order chi connectivity index (χ1) is 25.5. The topological polar surface area (TPSA) is 132 Å². The minimum Gasteiger partial charge on any atom is -0.507 e. The van der Waals surface area contributed by atoms with Gasteiger partial charge in [-0.15, -0.1) is 0 Å². The molecule has 3 aliphatic rings. The van der Waals surface area contributed by atoms with Crippen LogP contribution in [0.1, 0.15) is 75.1 Å². The van der Waals surface area contributed by atoms with E-state index in [0.29, 0.717) is 81.7 Å². The highest BCUT2D eigenvalue weighted by molar-refractivity contribution is 5.91. The van der Waals surface area contributed by atoms with E-state index < -0.39 is 12.2 Å². The number of likely N-dealkylation sites (tertiary alicyclic amines) is 2. The first-order valence-electron chi connectivity index (χ1n) is 19.5. The number of aryl methyl sites for hydroxylation is 2. The Hall–Kier alpha value is -4.32. The van der Waals surface area contributed by atoms with Crippen LogP contribution in [0.5, 0.6) is 5.75 Å². The lowest BCUT2D eigenvalue weighted by atomic mass is 9.83. The first kappa shape index (κ1) is 39.9. The normalized spacial score (nSPS) is 18.4. The molecule has 53 heavy (non-hydrogen) atoms. The molecule has 0 aliphatic carbocycles. The maximum absolute atomic E-state index is 14.2. The zero-order valence-electron chi connectivity index (χ0n) is 32.3. The number of para-hydroxylation sites is 1. The molecule has 12 nitrogen and oxygen atoms in total. The number of hydrogen-bond acceptors (Lipinski definition) is 8. The zero-order chi connectivity index (χ0) is 38.1. The summed E-state index contributed by atoms with van der Waals surface area (Å²) in [6.07, 6.45) is 3.45. The number of esters is 1. The Morgan fingerprint density at radius 3 is 2.32 bits per heavy atom. The molecule has 5 rings (SSSR count). The minimum absolute atomic E-state index is 0.00360. The lowest BCUT2D eigenvalue weighted by Crippen LogP contribution is -2.51. The van der Waals surface area contributed by atoms with E-state index in [-0.39, 0.29) is 36.1 Å². The third-order valence-electron chi connectivity index (χ3n) is 11.4. The highest BCUT2D eigenvalue weighted by atomic mass is 16.6. The van der Waals surface area contributed by atoms with Gasteiger partial charge in [-0.2, -0.15) is 0 Å². The fraction of sp³-hybridized carbons (Fsp3) is 0.610. The Bertz CT molecular complexity index is 1560. The quantitative estimate of drug-likeness (QED) is 0.249. The average Bonchev–Trinajstić information content (AvgIpc) is 3.32. The number of fused-ring (bicyclic) bond motifs is 1. The highest BCUT2D eigenvalue weighted by Crippen LogP contribution is 2.29. The van der Waals surface area contributed by atoms with Gasteiger partial charge in [-0.1, -0.05) is 37.3 Å². The number of nitrogens with zero attached hydrogens (tertiary/aromatic N) is 4. The van der Waals surface area contributed by atoms with Gasteiger partial charge >= 0.3 is 18.1 Å². The smallest absolute Gasteiger partial charge is 0.410 e. The average molecular weight is 734 g/mol. The van der Waals surface area contributed by atoms with Gasteiger partial charge in [0.25, 0.3) is 5.91 Å². The van der Waals surface area contributed by atoms with Crippen molar-refractivity contribution >= 4 is 29.7 Å². The molecule has 2 N–H and O–H groups in total. The second-order valence-corrected chi connectivity index (χ2v) is 15.0. The Morgan fingerprint density at radius 1 is 0.981 bits per heavy atom. The number of anilines is 1. The Labute approximate surface area is 314 Å². The highest BCUT2D eigenvalue weighted by Gasteiger charge is 2.35. The van der Waals surface area contributed by atoms with Crippen LogP contribution in [-0.4, -0.2) is 120 Å². The van der Waals surface area contributed by atoms with Crippen molar-refractivity contribution < 1.29 is 33.8 Å². The molecule has 2 atom stereocenters. The molecule has 2 fully saturated rings. The molecule has 3 heterocycles. The predicted octanol–water partition coefficient (Wildman–Crippen LogP) is 5.76. The van der Waals surface area contributed by atoms with Crippen molar-refractivity contribution in [1.29, 1.82) is 0 Å². The molecular formula is C41H59N5O7.